The largest absolute Gasteiger partial charge is 0.478 e. The van der Waals surface area contributed by atoms with Gasteiger partial charge in [0.1, 0.15) is 17.3 Å². The van der Waals surface area contributed by atoms with E-state index in [0.29, 0.717) is 21.5 Å². The zero-order valence-electron chi connectivity index (χ0n) is 10.5. The molecule has 0 aliphatic rings. The van der Waals surface area contributed by atoms with E-state index in [1.54, 1.807) is 13.0 Å². The number of aromatic carboxylic acids is 1. The fraction of sp³-hybridized carbons (Fsp3) is 0.0714. The van der Waals surface area contributed by atoms with E-state index in [4.69, 9.17) is 15.6 Å². The van der Waals surface area contributed by atoms with Crippen molar-refractivity contribution in [2.24, 2.45) is 0 Å². The summed E-state index contributed by atoms with van der Waals surface area (Å²) in [5.41, 5.74) is 6.46. The van der Waals surface area contributed by atoms with Gasteiger partial charge in [-0.25, -0.2) is 9.18 Å². The third kappa shape index (κ3) is 2.91. The molecule has 0 atom stereocenters. The van der Waals surface area contributed by atoms with Gasteiger partial charge >= 0.3 is 5.97 Å². The number of benzene rings is 2. The molecule has 0 saturated carbocycles. The van der Waals surface area contributed by atoms with Crippen molar-refractivity contribution >= 4 is 27.6 Å². The quantitative estimate of drug-likeness (QED) is 0.830. The molecule has 0 bridgehead atoms. The van der Waals surface area contributed by atoms with Crippen molar-refractivity contribution in [2.75, 3.05) is 5.73 Å². The Bertz CT molecular complexity index is 688. The zero-order chi connectivity index (χ0) is 14.9. The van der Waals surface area contributed by atoms with Gasteiger partial charge in [-0.1, -0.05) is 0 Å². The van der Waals surface area contributed by atoms with Crippen molar-refractivity contribution < 1.29 is 19.0 Å². The smallest absolute Gasteiger partial charge is 0.337 e. The number of carboxylic acids is 1. The lowest BCUT2D eigenvalue weighted by Gasteiger charge is -2.11. The first-order valence-corrected chi connectivity index (χ1v) is 6.44. The molecule has 2 aromatic carbocycles. The Kier molecular flexibility index (Phi) is 3.94. The second-order valence-electron chi connectivity index (χ2n) is 4.18. The van der Waals surface area contributed by atoms with Crippen molar-refractivity contribution in [3.8, 4) is 11.5 Å². The van der Waals surface area contributed by atoms with Crippen LogP contribution >= 0.6 is 15.9 Å². The number of aryl methyl sites for hydroxylation is 1. The summed E-state index contributed by atoms with van der Waals surface area (Å²) < 4.78 is 19.0. The molecule has 104 valence electrons. The molecule has 0 unspecified atom stereocenters. The van der Waals surface area contributed by atoms with Crippen LogP contribution in [-0.4, -0.2) is 11.1 Å². The zero-order valence-corrected chi connectivity index (χ0v) is 12.1. The molecule has 2 rings (SSSR count). The molecule has 20 heavy (non-hydrogen) atoms. The van der Waals surface area contributed by atoms with E-state index in [0.717, 1.165) is 0 Å². The highest BCUT2D eigenvalue weighted by molar-refractivity contribution is 9.10. The minimum atomic E-state index is -1.13. The lowest BCUT2D eigenvalue weighted by Crippen LogP contribution is -2.04. The van der Waals surface area contributed by atoms with Gasteiger partial charge in [-0.15, -0.1) is 0 Å². The van der Waals surface area contributed by atoms with Crippen molar-refractivity contribution in [1.29, 1.82) is 0 Å². The second kappa shape index (κ2) is 5.50. The van der Waals surface area contributed by atoms with Gasteiger partial charge in [-0.2, -0.15) is 0 Å². The van der Waals surface area contributed by atoms with Crippen molar-refractivity contribution in [3.63, 3.8) is 0 Å². The number of carboxylic acid groups (broad SMARTS) is 1. The molecular weight excluding hydrogens is 329 g/mol. The Balaban J connectivity index is 2.41. The van der Waals surface area contributed by atoms with Crippen LogP contribution in [0.15, 0.2) is 34.8 Å². The van der Waals surface area contributed by atoms with Gasteiger partial charge < -0.3 is 15.6 Å². The van der Waals surface area contributed by atoms with Gasteiger partial charge in [0, 0.05) is 5.69 Å². The topological polar surface area (TPSA) is 72.5 Å². The molecule has 0 aliphatic carbocycles. The van der Waals surface area contributed by atoms with E-state index in [9.17, 15) is 9.18 Å². The van der Waals surface area contributed by atoms with Gasteiger partial charge in [0.05, 0.1) is 10.0 Å². The molecule has 0 spiro atoms. The van der Waals surface area contributed by atoms with Crippen LogP contribution in [0.5, 0.6) is 11.5 Å². The van der Waals surface area contributed by atoms with E-state index in [1.165, 1.54) is 24.3 Å². The lowest BCUT2D eigenvalue weighted by molar-refractivity contribution is 0.0697. The Morgan fingerprint density at radius 3 is 2.65 bits per heavy atom. The van der Waals surface area contributed by atoms with Crippen LogP contribution in [0.2, 0.25) is 0 Å². The van der Waals surface area contributed by atoms with Crippen LogP contribution in [0.4, 0.5) is 10.1 Å². The third-order valence-electron chi connectivity index (χ3n) is 2.71. The molecular formula is C14H11BrFNO3. The lowest BCUT2D eigenvalue weighted by atomic mass is 10.1. The molecule has 0 aromatic heterocycles. The van der Waals surface area contributed by atoms with Crippen LogP contribution in [0, 0.1) is 12.7 Å². The fourth-order valence-electron chi connectivity index (χ4n) is 1.69. The number of nitrogens with two attached hydrogens (primary N) is 1. The molecule has 0 amide bonds. The average molecular weight is 340 g/mol. The summed E-state index contributed by atoms with van der Waals surface area (Å²) in [5, 5.41) is 9.08. The number of ether oxygens (including phenoxy) is 1. The molecule has 0 fully saturated rings. The highest BCUT2D eigenvalue weighted by Crippen LogP contribution is 2.32. The van der Waals surface area contributed by atoms with Crippen LogP contribution < -0.4 is 10.5 Å². The van der Waals surface area contributed by atoms with Crippen molar-refractivity contribution in [3.05, 3.63) is 51.7 Å². The molecule has 2 aromatic rings. The number of hydrogen-bond acceptors (Lipinski definition) is 3. The highest BCUT2D eigenvalue weighted by Gasteiger charge is 2.13. The number of halogens is 2. The number of nitrogen functional groups attached to an aromatic ring is 1. The Morgan fingerprint density at radius 1 is 1.35 bits per heavy atom. The molecule has 0 heterocycles. The predicted molar refractivity (Wildman–Crippen MR) is 76.7 cm³/mol. The van der Waals surface area contributed by atoms with E-state index >= 15 is 0 Å². The molecule has 0 saturated heterocycles. The minimum absolute atomic E-state index is 0.0294. The summed E-state index contributed by atoms with van der Waals surface area (Å²) in [6.45, 7) is 1.69. The van der Waals surface area contributed by atoms with Gasteiger partial charge in [0.25, 0.3) is 0 Å². The summed E-state index contributed by atoms with van der Waals surface area (Å²) in [5.74, 6) is -0.827. The first-order chi connectivity index (χ1) is 9.38. The van der Waals surface area contributed by atoms with E-state index in [1.807, 2.05) is 0 Å². The fourth-order valence-corrected chi connectivity index (χ4v) is 2.12. The number of hydrogen-bond donors (Lipinski definition) is 2. The number of anilines is 1. The molecule has 0 radical (unpaired) electrons. The SMILES string of the molecule is Cc1cc(Oc2ccc(F)cc2Br)cc(C(=O)O)c1N. The molecule has 4 nitrogen and oxygen atoms in total. The van der Waals surface area contributed by atoms with Crippen molar-refractivity contribution in [2.45, 2.75) is 6.92 Å². The first kappa shape index (κ1) is 14.3. The maximum atomic E-state index is 13.0. The van der Waals surface area contributed by atoms with Crippen molar-refractivity contribution in [1.82, 2.24) is 0 Å². The van der Waals surface area contributed by atoms with E-state index in [-0.39, 0.29) is 11.3 Å². The number of carbonyl (C=O) groups is 1. The normalized spacial score (nSPS) is 10.3. The van der Waals surface area contributed by atoms with Crippen LogP contribution in [0.3, 0.4) is 0 Å². The first-order valence-electron chi connectivity index (χ1n) is 5.65. The monoisotopic (exact) mass is 339 g/mol. The van der Waals surface area contributed by atoms with Gasteiger partial charge in [0.15, 0.2) is 0 Å². The summed E-state index contributed by atoms with van der Waals surface area (Å²) >= 11 is 3.18. The number of rotatable bonds is 3. The molecule has 0 aliphatic heterocycles. The summed E-state index contributed by atoms with van der Waals surface area (Å²) in [7, 11) is 0. The van der Waals surface area contributed by atoms with Gasteiger partial charge in [0.2, 0.25) is 0 Å². The van der Waals surface area contributed by atoms with Crippen LogP contribution in [0.1, 0.15) is 15.9 Å². The maximum Gasteiger partial charge on any atom is 0.337 e. The Morgan fingerprint density at radius 2 is 2.05 bits per heavy atom. The van der Waals surface area contributed by atoms with Crippen LogP contribution in [0.25, 0.3) is 0 Å². The Hall–Kier alpha value is -2.08. The van der Waals surface area contributed by atoms with Crippen LogP contribution in [-0.2, 0) is 0 Å². The Labute approximate surface area is 123 Å². The third-order valence-corrected chi connectivity index (χ3v) is 3.33. The second-order valence-corrected chi connectivity index (χ2v) is 5.04. The highest BCUT2D eigenvalue weighted by atomic mass is 79.9. The average Bonchev–Trinajstić information content (AvgIpc) is 2.36. The van der Waals surface area contributed by atoms with E-state index in [2.05, 4.69) is 15.9 Å². The van der Waals surface area contributed by atoms with Gasteiger partial charge in [-0.05, 0) is 58.7 Å². The predicted octanol–water partition coefficient (Wildman–Crippen LogP) is 3.97. The maximum absolute atomic E-state index is 13.0. The standard InChI is InChI=1S/C14H11BrFNO3/c1-7-4-9(6-10(13(7)17)14(18)19)20-12-3-2-8(16)5-11(12)15/h2-6H,17H2,1H3,(H,18,19). The van der Waals surface area contributed by atoms with Gasteiger partial charge in [-0.3, -0.25) is 0 Å². The summed E-state index contributed by atoms with van der Waals surface area (Å²) in [4.78, 5) is 11.1. The summed E-state index contributed by atoms with van der Waals surface area (Å²) in [6, 6.07) is 6.92. The molecule has 3 N–H and O–H groups in total. The summed E-state index contributed by atoms with van der Waals surface area (Å²) in [6.07, 6.45) is 0. The van der Waals surface area contributed by atoms with E-state index < -0.39 is 11.8 Å². The minimum Gasteiger partial charge on any atom is -0.478 e. The molecule has 6 heteroatoms.